The first-order valence-corrected chi connectivity index (χ1v) is 5.74. The fourth-order valence-corrected chi connectivity index (χ4v) is 2.09. The summed E-state index contributed by atoms with van der Waals surface area (Å²) in [5, 5.41) is 0. The Bertz CT molecular complexity index is 159. The Morgan fingerprint density at radius 2 is 2.29 bits per heavy atom. The Kier molecular flexibility index (Phi) is 4.85. The van der Waals surface area contributed by atoms with Crippen LogP contribution in [0.4, 0.5) is 0 Å². The average Bonchev–Trinajstić information content (AvgIpc) is 2.49. The average molecular weight is 199 g/mol. The summed E-state index contributed by atoms with van der Waals surface area (Å²) < 4.78 is 0. The normalized spacial score (nSPS) is 25.9. The number of rotatable bonds is 5. The maximum absolute atomic E-state index is 5.74. The molecule has 0 saturated carbocycles. The molecule has 3 heteroatoms. The molecule has 1 heterocycles. The van der Waals surface area contributed by atoms with Crippen LogP contribution in [0.15, 0.2) is 0 Å². The molecule has 1 fully saturated rings. The van der Waals surface area contributed by atoms with Crippen LogP contribution < -0.4 is 5.73 Å². The second-order valence-electron chi connectivity index (χ2n) is 4.80. The summed E-state index contributed by atoms with van der Waals surface area (Å²) in [6, 6.07) is 1.10. The van der Waals surface area contributed by atoms with E-state index in [4.69, 9.17) is 5.73 Å². The van der Waals surface area contributed by atoms with Crippen LogP contribution in [-0.4, -0.2) is 55.6 Å². The molecule has 2 unspecified atom stereocenters. The van der Waals surface area contributed by atoms with Crippen molar-refractivity contribution in [3.05, 3.63) is 0 Å². The van der Waals surface area contributed by atoms with Gasteiger partial charge in [0.2, 0.25) is 0 Å². The predicted molar refractivity (Wildman–Crippen MR) is 61.4 cm³/mol. The lowest BCUT2D eigenvalue weighted by molar-refractivity contribution is 0.216. The first-order chi connectivity index (χ1) is 6.59. The molecule has 0 radical (unpaired) electrons. The zero-order chi connectivity index (χ0) is 10.6. The Morgan fingerprint density at radius 1 is 1.57 bits per heavy atom. The van der Waals surface area contributed by atoms with Gasteiger partial charge in [0.15, 0.2) is 0 Å². The third kappa shape index (κ3) is 3.95. The van der Waals surface area contributed by atoms with Crippen molar-refractivity contribution < 1.29 is 0 Å². The molecule has 1 saturated heterocycles. The molecule has 1 rings (SSSR count). The van der Waals surface area contributed by atoms with Crippen LogP contribution in [0.3, 0.4) is 0 Å². The molecule has 0 aromatic rings. The zero-order valence-corrected chi connectivity index (χ0v) is 9.87. The molecule has 0 amide bonds. The molecule has 0 spiro atoms. The monoisotopic (exact) mass is 199 g/mol. The predicted octanol–water partition coefficient (Wildman–Crippen LogP) is 0.750. The highest BCUT2D eigenvalue weighted by molar-refractivity contribution is 4.78. The maximum Gasteiger partial charge on any atom is 0.0220 e. The van der Waals surface area contributed by atoms with Gasteiger partial charge >= 0.3 is 0 Å². The van der Waals surface area contributed by atoms with Crippen molar-refractivity contribution in [2.24, 2.45) is 5.73 Å². The molecule has 0 aliphatic carbocycles. The standard InChI is InChI=1S/C11H25N3/c1-10(12)6-8-13(2)9-11-5-4-7-14(11)3/h10-11H,4-9,12H2,1-3H3. The van der Waals surface area contributed by atoms with Gasteiger partial charge in [-0.1, -0.05) is 0 Å². The third-order valence-electron chi connectivity index (χ3n) is 3.16. The van der Waals surface area contributed by atoms with Crippen LogP contribution in [0, 0.1) is 0 Å². The van der Waals surface area contributed by atoms with Gasteiger partial charge in [0.25, 0.3) is 0 Å². The van der Waals surface area contributed by atoms with E-state index in [0.717, 1.165) is 19.0 Å². The SMILES string of the molecule is CC(N)CCN(C)CC1CCCN1C. The van der Waals surface area contributed by atoms with Gasteiger partial charge < -0.3 is 15.5 Å². The highest BCUT2D eigenvalue weighted by Crippen LogP contribution is 2.15. The minimum absolute atomic E-state index is 0.332. The number of hydrogen-bond donors (Lipinski definition) is 1. The van der Waals surface area contributed by atoms with Crippen molar-refractivity contribution in [1.82, 2.24) is 9.80 Å². The van der Waals surface area contributed by atoms with Crippen molar-refractivity contribution in [3.8, 4) is 0 Å². The minimum Gasteiger partial charge on any atom is -0.328 e. The number of likely N-dealkylation sites (N-methyl/N-ethyl adjacent to an activating group) is 2. The van der Waals surface area contributed by atoms with E-state index in [1.165, 1.54) is 25.9 Å². The second-order valence-corrected chi connectivity index (χ2v) is 4.80. The molecule has 14 heavy (non-hydrogen) atoms. The molecular formula is C11H25N3. The molecule has 84 valence electrons. The zero-order valence-electron chi connectivity index (χ0n) is 9.87. The number of likely N-dealkylation sites (tertiary alicyclic amines) is 1. The van der Waals surface area contributed by atoms with E-state index in [2.05, 4.69) is 30.8 Å². The maximum atomic E-state index is 5.74. The Hall–Kier alpha value is -0.120. The highest BCUT2D eigenvalue weighted by Gasteiger charge is 2.21. The van der Waals surface area contributed by atoms with Gasteiger partial charge in [0.1, 0.15) is 0 Å². The van der Waals surface area contributed by atoms with Crippen molar-refractivity contribution in [3.63, 3.8) is 0 Å². The smallest absolute Gasteiger partial charge is 0.0220 e. The summed E-state index contributed by atoms with van der Waals surface area (Å²) >= 11 is 0. The van der Waals surface area contributed by atoms with Crippen LogP contribution in [0.25, 0.3) is 0 Å². The van der Waals surface area contributed by atoms with Gasteiger partial charge in [-0.05, 0) is 53.4 Å². The third-order valence-corrected chi connectivity index (χ3v) is 3.16. The fourth-order valence-electron chi connectivity index (χ4n) is 2.09. The molecule has 2 atom stereocenters. The van der Waals surface area contributed by atoms with Gasteiger partial charge in [-0.15, -0.1) is 0 Å². The van der Waals surface area contributed by atoms with Gasteiger partial charge in [0, 0.05) is 18.6 Å². The van der Waals surface area contributed by atoms with E-state index >= 15 is 0 Å². The summed E-state index contributed by atoms with van der Waals surface area (Å²) in [5.41, 5.74) is 5.74. The van der Waals surface area contributed by atoms with Gasteiger partial charge in [-0.2, -0.15) is 0 Å². The molecule has 3 nitrogen and oxygen atoms in total. The quantitative estimate of drug-likeness (QED) is 0.709. The molecular weight excluding hydrogens is 174 g/mol. The van der Waals surface area contributed by atoms with Crippen molar-refractivity contribution >= 4 is 0 Å². The molecule has 1 aliphatic rings. The number of nitrogens with two attached hydrogens (primary N) is 1. The molecule has 2 N–H and O–H groups in total. The summed E-state index contributed by atoms with van der Waals surface area (Å²) in [5.74, 6) is 0. The van der Waals surface area contributed by atoms with E-state index < -0.39 is 0 Å². The van der Waals surface area contributed by atoms with E-state index in [1.807, 2.05) is 0 Å². The first kappa shape index (κ1) is 12.0. The van der Waals surface area contributed by atoms with Crippen LogP contribution >= 0.6 is 0 Å². The topological polar surface area (TPSA) is 32.5 Å². The largest absolute Gasteiger partial charge is 0.328 e. The minimum atomic E-state index is 0.332. The van der Waals surface area contributed by atoms with Crippen LogP contribution in [-0.2, 0) is 0 Å². The second kappa shape index (κ2) is 5.69. The fraction of sp³-hybridized carbons (Fsp3) is 1.00. The lowest BCUT2D eigenvalue weighted by Gasteiger charge is -2.26. The summed E-state index contributed by atoms with van der Waals surface area (Å²) in [7, 11) is 4.44. The van der Waals surface area contributed by atoms with Crippen molar-refractivity contribution in [2.75, 3.05) is 33.7 Å². The van der Waals surface area contributed by atoms with Crippen LogP contribution in [0.5, 0.6) is 0 Å². The number of nitrogens with zero attached hydrogens (tertiary/aromatic N) is 2. The highest BCUT2D eigenvalue weighted by atomic mass is 15.2. The summed E-state index contributed by atoms with van der Waals surface area (Å²) in [6.07, 6.45) is 3.83. The van der Waals surface area contributed by atoms with Crippen LogP contribution in [0.2, 0.25) is 0 Å². The molecule has 0 bridgehead atoms. The molecule has 0 aromatic heterocycles. The van der Waals surface area contributed by atoms with E-state index in [-0.39, 0.29) is 0 Å². The summed E-state index contributed by atoms with van der Waals surface area (Å²) in [6.45, 7) is 5.67. The van der Waals surface area contributed by atoms with E-state index in [0.29, 0.717) is 6.04 Å². The van der Waals surface area contributed by atoms with E-state index in [9.17, 15) is 0 Å². The van der Waals surface area contributed by atoms with E-state index in [1.54, 1.807) is 0 Å². The lowest BCUT2D eigenvalue weighted by atomic mass is 10.2. The molecule has 0 aromatic carbocycles. The van der Waals surface area contributed by atoms with Crippen LogP contribution in [0.1, 0.15) is 26.2 Å². The lowest BCUT2D eigenvalue weighted by Crippen LogP contribution is -2.38. The Labute approximate surface area is 88.2 Å². The summed E-state index contributed by atoms with van der Waals surface area (Å²) in [4.78, 5) is 4.89. The molecule has 1 aliphatic heterocycles. The van der Waals surface area contributed by atoms with Gasteiger partial charge in [-0.3, -0.25) is 0 Å². The Balaban J connectivity index is 2.16. The van der Waals surface area contributed by atoms with Gasteiger partial charge in [-0.25, -0.2) is 0 Å². The van der Waals surface area contributed by atoms with Crippen molar-refractivity contribution in [2.45, 2.75) is 38.3 Å². The Morgan fingerprint density at radius 3 is 2.79 bits per heavy atom. The number of hydrogen-bond acceptors (Lipinski definition) is 3. The van der Waals surface area contributed by atoms with Gasteiger partial charge in [0.05, 0.1) is 0 Å². The first-order valence-electron chi connectivity index (χ1n) is 5.74. The van der Waals surface area contributed by atoms with Crippen molar-refractivity contribution in [1.29, 1.82) is 0 Å².